The molecule has 0 aromatic carbocycles. The van der Waals surface area contributed by atoms with Gasteiger partial charge in [-0.1, -0.05) is 0 Å². The largest absolute Gasteiger partial charge is 0.459 e. The van der Waals surface area contributed by atoms with E-state index < -0.39 is 10.0 Å². The highest BCUT2D eigenvalue weighted by Crippen LogP contribution is 2.29. The molecule has 2 aromatic rings. The second-order valence-electron chi connectivity index (χ2n) is 6.18. The van der Waals surface area contributed by atoms with E-state index >= 15 is 0 Å². The quantitative estimate of drug-likeness (QED) is 0.600. The Bertz CT molecular complexity index is 919. The van der Waals surface area contributed by atoms with Gasteiger partial charge in [-0.3, -0.25) is 9.59 Å². The van der Waals surface area contributed by atoms with Crippen LogP contribution in [0, 0.1) is 0 Å². The SMILES string of the molecule is O=C(NCCCC(=O)N1CCN(S(=O)(=O)c2ccc(Br)s2)CC1)c1ccco1. The molecular weight excluding hydrogens is 470 g/mol. The van der Waals surface area contributed by atoms with Gasteiger partial charge < -0.3 is 14.6 Å². The van der Waals surface area contributed by atoms with Crippen LogP contribution in [0.15, 0.2) is 42.9 Å². The van der Waals surface area contributed by atoms with Crippen molar-refractivity contribution in [1.29, 1.82) is 0 Å². The summed E-state index contributed by atoms with van der Waals surface area (Å²) in [6.45, 7) is 1.65. The molecule has 1 aliphatic rings. The van der Waals surface area contributed by atoms with Crippen molar-refractivity contribution < 1.29 is 22.4 Å². The number of furan rings is 1. The Kier molecular flexibility index (Phi) is 6.91. The number of rotatable bonds is 7. The molecule has 2 amide bonds. The van der Waals surface area contributed by atoms with Crippen LogP contribution in [0.4, 0.5) is 0 Å². The number of carbonyl (C=O) groups excluding carboxylic acids is 2. The first-order valence-electron chi connectivity index (χ1n) is 8.73. The van der Waals surface area contributed by atoms with Gasteiger partial charge in [-0.15, -0.1) is 11.3 Å². The van der Waals surface area contributed by atoms with E-state index in [1.165, 1.54) is 21.9 Å². The first kappa shape index (κ1) is 21.0. The van der Waals surface area contributed by atoms with Gasteiger partial charge in [-0.05, 0) is 46.6 Å². The Labute approximate surface area is 175 Å². The number of amides is 2. The molecule has 28 heavy (non-hydrogen) atoms. The van der Waals surface area contributed by atoms with Crippen molar-refractivity contribution in [2.45, 2.75) is 17.1 Å². The molecule has 1 fully saturated rings. The number of hydrogen-bond donors (Lipinski definition) is 1. The van der Waals surface area contributed by atoms with E-state index in [4.69, 9.17) is 4.42 Å². The Hall–Kier alpha value is -1.69. The molecular formula is C17H20BrN3O5S2. The average molecular weight is 490 g/mol. The van der Waals surface area contributed by atoms with Crippen molar-refractivity contribution in [3.8, 4) is 0 Å². The van der Waals surface area contributed by atoms with Gasteiger partial charge in [0.25, 0.3) is 15.9 Å². The zero-order valence-electron chi connectivity index (χ0n) is 15.0. The summed E-state index contributed by atoms with van der Waals surface area (Å²) in [5.74, 6) is -0.110. The third-order valence-corrected chi connectivity index (χ3v) is 8.32. The van der Waals surface area contributed by atoms with Crippen LogP contribution in [0.2, 0.25) is 0 Å². The zero-order valence-corrected chi connectivity index (χ0v) is 18.2. The monoisotopic (exact) mass is 489 g/mol. The van der Waals surface area contributed by atoms with Crippen LogP contribution in [0.1, 0.15) is 23.4 Å². The molecule has 1 N–H and O–H groups in total. The molecule has 8 nitrogen and oxygen atoms in total. The highest BCUT2D eigenvalue weighted by Gasteiger charge is 2.30. The lowest BCUT2D eigenvalue weighted by atomic mass is 10.2. The molecule has 0 saturated carbocycles. The molecule has 3 heterocycles. The van der Waals surface area contributed by atoms with E-state index in [2.05, 4.69) is 21.2 Å². The number of thiophene rings is 1. The van der Waals surface area contributed by atoms with Gasteiger partial charge in [0, 0.05) is 39.1 Å². The molecule has 152 valence electrons. The molecule has 1 aliphatic heterocycles. The van der Waals surface area contributed by atoms with Crippen LogP contribution in [0.5, 0.6) is 0 Å². The normalized spacial score (nSPS) is 15.5. The number of piperazine rings is 1. The number of sulfonamides is 1. The molecule has 3 rings (SSSR count). The Morgan fingerprint density at radius 2 is 1.93 bits per heavy atom. The highest BCUT2D eigenvalue weighted by molar-refractivity contribution is 9.11. The summed E-state index contributed by atoms with van der Waals surface area (Å²) in [5.41, 5.74) is 0. The van der Waals surface area contributed by atoms with Gasteiger partial charge in [0.2, 0.25) is 5.91 Å². The van der Waals surface area contributed by atoms with Crippen molar-refractivity contribution in [3.05, 3.63) is 40.1 Å². The van der Waals surface area contributed by atoms with E-state index in [1.54, 1.807) is 29.2 Å². The summed E-state index contributed by atoms with van der Waals surface area (Å²) < 4.78 is 32.7. The van der Waals surface area contributed by atoms with E-state index in [9.17, 15) is 18.0 Å². The fourth-order valence-electron chi connectivity index (χ4n) is 2.84. The standard InChI is InChI=1S/C17H20BrN3O5S2/c18-14-5-6-16(27-14)28(24,25)21-10-8-20(9-11-21)15(22)4-1-7-19-17(23)13-3-2-12-26-13/h2-3,5-6,12H,1,4,7-11H2,(H,19,23). The van der Waals surface area contributed by atoms with Crippen LogP contribution in [-0.4, -0.2) is 62.2 Å². The first-order valence-corrected chi connectivity index (χ1v) is 11.8. The predicted molar refractivity (Wildman–Crippen MR) is 108 cm³/mol. The molecule has 0 unspecified atom stereocenters. The second kappa shape index (κ2) is 9.21. The van der Waals surface area contributed by atoms with E-state index in [0.717, 1.165) is 3.79 Å². The third-order valence-electron chi connectivity index (χ3n) is 4.33. The third kappa shape index (κ3) is 5.02. The maximum Gasteiger partial charge on any atom is 0.286 e. The van der Waals surface area contributed by atoms with Crippen molar-refractivity contribution in [1.82, 2.24) is 14.5 Å². The van der Waals surface area contributed by atoms with Crippen LogP contribution in [-0.2, 0) is 14.8 Å². The molecule has 1 saturated heterocycles. The van der Waals surface area contributed by atoms with E-state index in [0.29, 0.717) is 36.7 Å². The first-order chi connectivity index (χ1) is 13.4. The number of nitrogens with zero attached hydrogens (tertiary/aromatic N) is 2. The topological polar surface area (TPSA) is 99.9 Å². The molecule has 0 atom stereocenters. The van der Waals surface area contributed by atoms with Gasteiger partial charge >= 0.3 is 0 Å². The second-order valence-corrected chi connectivity index (χ2v) is 10.8. The van der Waals surface area contributed by atoms with Crippen molar-refractivity contribution in [2.24, 2.45) is 0 Å². The number of hydrogen-bond acceptors (Lipinski definition) is 6. The average Bonchev–Trinajstić information content (AvgIpc) is 3.37. The van der Waals surface area contributed by atoms with Gasteiger partial charge in [0.05, 0.1) is 10.0 Å². The zero-order chi connectivity index (χ0) is 20.1. The summed E-state index contributed by atoms with van der Waals surface area (Å²) in [6, 6.07) is 6.50. The Balaban J connectivity index is 1.41. The Morgan fingerprint density at radius 3 is 2.54 bits per heavy atom. The minimum Gasteiger partial charge on any atom is -0.459 e. The number of nitrogens with one attached hydrogen (secondary N) is 1. The van der Waals surface area contributed by atoms with Crippen molar-refractivity contribution >= 4 is 49.1 Å². The lowest BCUT2D eigenvalue weighted by Crippen LogP contribution is -2.50. The van der Waals surface area contributed by atoms with Gasteiger partial charge in [0.1, 0.15) is 4.21 Å². The lowest BCUT2D eigenvalue weighted by molar-refractivity contribution is -0.132. The minimum atomic E-state index is -3.51. The van der Waals surface area contributed by atoms with E-state index in [-0.39, 0.29) is 30.7 Å². The van der Waals surface area contributed by atoms with Crippen LogP contribution < -0.4 is 5.32 Å². The summed E-state index contributed by atoms with van der Waals surface area (Å²) in [7, 11) is -3.51. The van der Waals surface area contributed by atoms with Crippen LogP contribution in [0.3, 0.4) is 0 Å². The van der Waals surface area contributed by atoms with Gasteiger partial charge in [0.15, 0.2) is 5.76 Å². The van der Waals surface area contributed by atoms with Crippen LogP contribution in [0.25, 0.3) is 0 Å². The molecule has 0 bridgehead atoms. The molecule has 0 radical (unpaired) electrons. The summed E-state index contributed by atoms with van der Waals surface area (Å²) in [5, 5.41) is 2.70. The van der Waals surface area contributed by atoms with Crippen molar-refractivity contribution in [3.63, 3.8) is 0 Å². The minimum absolute atomic E-state index is 0.0387. The fourth-order valence-corrected chi connectivity index (χ4v) is 6.42. The van der Waals surface area contributed by atoms with E-state index in [1.807, 2.05) is 0 Å². The van der Waals surface area contributed by atoms with Crippen LogP contribution >= 0.6 is 27.3 Å². The molecule has 11 heteroatoms. The Morgan fingerprint density at radius 1 is 1.18 bits per heavy atom. The summed E-state index contributed by atoms with van der Waals surface area (Å²) in [4.78, 5) is 25.7. The predicted octanol–water partition coefficient (Wildman–Crippen LogP) is 2.15. The van der Waals surface area contributed by atoms with Gasteiger partial charge in [-0.2, -0.15) is 4.31 Å². The highest BCUT2D eigenvalue weighted by atomic mass is 79.9. The maximum absolute atomic E-state index is 12.6. The van der Waals surface area contributed by atoms with Gasteiger partial charge in [-0.25, -0.2) is 8.42 Å². The fraction of sp³-hybridized carbons (Fsp3) is 0.412. The molecule has 0 aliphatic carbocycles. The number of halogens is 1. The maximum atomic E-state index is 12.6. The molecule has 0 spiro atoms. The summed E-state index contributed by atoms with van der Waals surface area (Å²) in [6.07, 6.45) is 2.23. The number of carbonyl (C=O) groups is 2. The molecule has 2 aromatic heterocycles. The summed E-state index contributed by atoms with van der Waals surface area (Å²) >= 11 is 4.45. The van der Waals surface area contributed by atoms with Crippen molar-refractivity contribution in [2.75, 3.05) is 32.7 Å². The smallest absolute Gasteiger partial charge is 0.286 e. The lowest BCUT2D eigenvalue weighted by Gasteiger charge is -2.33.